The number of benzene rings is 1. The van der Waals surface area contributed by atoms with Gasteiger partial charge < -0.3 is 4.90 Å². The monoisotopic (exact) mass is 208 g/mol. The van der Waals surface area contributed by atoms with Gasteiger partial charge in [-0.25, -0.2) is 0 Å². The minimum absolute atomic E-state index is 0.363. The molecule has 1 heteroatoms. The fourth-order valence-electron chi connectivity index (χ4n) is 2.47. The molecule has 3 rings (SSSR count). The number of anilines is 1. The van der Waals surface area contributed by atoms with Crippen LogP contribution in [0.3, 0.4) is 0 Å². The van der Waals surface area contributed by atoms with Crippen molar-refractivity contribution in [2.24, 2.45) is 0 Å². The second-order valence-corrected chi connectivity index (χ2v) is 4.37. The minimum Gasteiger partial charge on any atom is -0.334 e. The van der Waals surface area contributed by atoms with Crippen LogP contribution in [0.15, 0.2) is 59.3 Å². The van der Waals surface area contributed by atoms with Crippen LogP contribution in [-0.2, 0) is 0 Å². The number of rotatable bonds is 1. The van der Waals surface area contributed by atoms with Gasteiger partial charge in [0.1, 0.15) is 0 Å². The van der Waals surface area contributed by atoms with E-state index in [1.807, 2.05) is 0 Å². The molecule has 0 saturated heterocycles. The standard InChI is InChI=1S/C15H14N/c1-11-8-13-10-12(2)16(15(13)9-11)14-6-4-3-5-7-14/h3-7,9-10,15H,1-2H3. The van der Waals surface area contributed by atoms with E-state index in [1.54, 1.807) is 0 Å². The molecular weight excluding hydrogens is 194 g/mol. The lowest BCUT2D eigenvalue weighted by atomic mass is 10.1. The number of nitrogens with zero attached hydrogens (tertiary/aromatic N) is 1. The first-order valence-electron chi connectivity index (χ1n) is 5.60. The lowest BCUT2D eigenvalue weighted by Crippen LogP contribution is -2.27. The highest BCUT2D eigenvalue weighted by Crippen LogP contribution is 2.36. The summed E-state index contributed by atoms with van der Waals surface area (Å²) in [4.78, 5) is 2.36. The summed E-state index contributed by atoms with van der Waals surface area (Å²) in [5.74, 6) is 0. The number of hydrogen-bond acceptors (Lipinski definition) is 1. The van der Waals surface area contributed by atoms with Crippen LogP contribution in [0.4, 0.5) is 5.69 Å². The van der Waals surface area contributed by atoms with Crippen LogP contribution in [0.1, 0.15) is 13.8 Å². The Bertz CT molecular complexity index is 505. The number of fused-ring (bicyclic) bond motifs is 1. The van der Waals surface area contributed by atoms with Crippen LogP contribution in [-0.4, -0.2) is 6.04 Å². The molecule has 1 heterocycles. The normalized spacial score (nSPS) is 22.8. The number of para-hydroxylation sites is 1. The molecule has 1 atom stereocenters. The Morgan fingerprint density at radius 2 is 1.88 bits per heavy atom. The molecule has 1 aromatic rings. The molecule has 1 unspecified atom stereocenters. The molecule has 0 amide bonds. The smallest absolute Gasteiger partial charge is 0.0784 e. The number of allylic oxidation sites excluding steroid dienone is 3. The molecule has 0 N–H and O–H groups in total. The topological polar surface area (TPSA) is 3.24 Å². The highest BCUT2D eigenvalue weighted by Gasteiger charge is 2.30. The molecule has 0 spiro atoms. The molecule has 79 valence electrons. The summed E-state index contributed by atoms with van der Waals surface area (Å²) >= 11 is 0. The van der Waals surface area contributed by atoms with Gasteiger partial charge >= 0.3 is 0 Å². The van der Waals surface area contributed by atoms with Crippen LogP contribution in [0, 0.1) is 6.08 Å². The largest absolute Gasteiger partial charge is 0.334 e. The Morgan fingerprint density at radius 3 is 2.62 bits per heavy atom. The summed E-state index contributed by atoms with van der Waals surface area (Å²) in [6, 6.07) is 10.9. The van der Waals surface area contributed by atoms with Gasteiger partial charge in [0.05, 0.1) is 6.04 Å². The van der Waals surface area contributed by atoms with E-state index in [-0.39, 0.29) is 0 Å². The second-order valence-electron chi connectivity index (χ2n) is 4.37. The van der Waals surface area contributed by atoms with Crippen molar-refractivity contribution >= 4 is 5.69 Å². The van der Waals surface area contributed by atoms with E-state index >= 15 is 0 Å². The molecule has 1 aromatic carbocycles. The molecule has 1 radical (unpaired) electrons. The Hall–Kier alpha value is -1.76. The zero-order valence-corrected chi connectivity index (χ0v) is 9.57. The van der Waals surface area contributed by atoms with Crippen LogP contribution in [0.5, 0.6) is 0 Å². The summed E-state index contributed by atoms with van der Waals surface area (Å²) < 4.78 is 0. The van der Waals surface area contributed by atoms with Gasteiger partial charge in [-0.3, -0.25) is 0 Å². The quantitative estimate of drug-likeness (QED) is 0.683. The van der Waals surface area contributed by atoms with Crippen LogP contribution < -0.4 is 4.90 Å². The molecule has 0 aromatic heterocycles. The first-order valence-corrected chi connectivity index (χ1v) is 5.60. The van der Waals surface area contributed by atoms with Crippen LogP contribution in [0.25, 0.3) is 0 Å². The van der Waals surface area contributed by atoms with E-state index in [0.29, 0.717) is 6.04 Å². The zero-order chi connectivity index (χ0) is 11.1. The van der Waals surface area contributed by atoms with Gasteiger partial charge in [0.15, 0.2) is 0 Å². The molecule has 0 saturated carbocycles. The third-order valence-electron chi connectivity index (χ3n) is 3.12. The van der Waals surface area contributed by atoms with Crippen molar-refractivity contribution < 1.29 is 0 Å². The maximum absolute atomic E-state index is 3.41. The van der Waals surface area contributed by atoms with Gasteiger partial charge in [-0.2, -0.15) is 0 Å². The van der Waals surface area contributed by atoms with E-state index in [2.05, 4.69) is 67.3 Å². The third-order valence-corrected chi connectivity index (χ3v) is 3.12. The van der Waals surface area contributed by atoms with Gasteiger partial charge in [-0.15, -0.1) is 0 Å². The van der Waals surface area contributed by atoms with Crippen molar-refractivity contribution in [3.05, 3.63) is 65.4 Å². The zero-order valence-electron chi connectivity index (χ0n) is 9.57. The maximum atomic E-state index is 3.41. The third kappa shape index (κ3) is 1.32. The predicted octanol–water partition coefficient (Wildman–Crippen LogP) is 3.47. The van der Waals surface area contributed by atoms with Gasteiger partial charge in [0.25, 0.3) is 0 Å². The molecule has 1 aliphatic carbocycles. The fourth-order valence-corrected chi connectivity index (χ4v) is 2.47. The second kappa shape index (κ2) is 3.38. The molecular formula is C15H14N. The van der Waals surface area contributed by atoms with Crippen molar-refractivity contribution in [1.82, 2.24) is 0 Å². The van der Waals surface area contributed by atoms with Gasteiger partial charge in [-0.05, 0) is 49.3 Å². The minimum atomic E-state index is 0.363. The average Bonchev–Trinajstić information content (AvgIpc) is 2.74. The predicted molar refractivity (Wildman–Crippen MR) is 67.0 cm³/mol. The molecule has 2 aliphatic rings. The van der Waals surface area contributed by atoms with Gasteiger partial charge in [0, 0.05) is 11.4 Å². The van der Waals surface area contributed by atoms with Crippen molar-refractivity contribution in [3.63, 3.8) is 0 Å². The Labute approximate surface area is 96.4 Å². The highest BCUT2D eigenvalue weighted by atomic mass is 15.2. The van der Waals surface area contributed by atoms with Gasteiger partial charge in [-0.1, -0.05) is 24.3 Å². The van der Waals surface area contributed by atoms with E-state index in [1.165, 1.54) is 22.5 Å². The molecule has 0 fully saturated rings. The lowest BCUT2D eigenvalue weighted by molar-refractivity contribution is 0.913. The van der Waals surface area contributed by atoms with E-state index in [0.717, 1.165) is 0 Å². The Balaban J connectivity index is 2.04. The first-order chi connectivity index (χ1) is 7.75. The summed E-state index contributed by atoms with van der Waals surface area (Å²) in [5.41, 5.74) is 5.08. The lowest BCUT2D eigenvalue weighted by Gasteiger charge is -2.26. The maximum Gasteiger partial charge on any atom is 0.0784 e. The molecule has 1 aliphatic heterocycles. The SMILES string of the molecule is CC1=CC2C(=[C]1)C=C(C)N2c1ccccc1. The molecule has 0 bridgehead atoms. The average molecular weight is 208 g/mol. The van der Waals surface area contributed by atoms with Crippen molar-refractivity contribution in [1.29, 1.82) is 0 Å². The Morgan fingerprint density at radius 1 is 1.12 bits per heavy atom. The number of hydrogen-bond donors (Lipinski definition) is 0. The summed E-state index contributed by atoms with van der Waals surface area (Å²) in [6.45, 7) is 4.26. The van der Waals surface area contributed by atoms with Crippen molar-refractivity contribution in [2.75, 3.05) is 4.90 Å². The Kier molecular flexibility index (Phi) is 2.00. The molecule has 16 heavy (non-hydrogen) atoms. The van der Waals surface area contributed by atoms with E-state index in [9.17, 15) is 0 Å². The van der Waals surface area contributed by atoms with Crippen molar-refractivity contribution in [3.8, 4) is 0 Å². The van der Waals surface area contributed by atoms with E-state index < -0.39 is 0 Å². The summed E-state index contributed by atoms with van der Waals surface area (Å²) in [6.07, 6.45) is 7.91. The molecule has 1 nitrogen and oxygen atoms in total. The fraction of sp³-hybridized carbons (Fsp3) is 0.200. The van der Waals surface area contributed by atoms with Gasteiger partial charge in [0.2, 0.25) is 0 Å². The summed E-state index contributed by atoms with van der Waals surface area (Å²) in [7, 11) is 0. The summed E-state index contributed by atoms with van der Waals surface area (Å²) in [5, 5.41) is 0. The van der Waals surface area contributed by atoms with Crippen LogP contribution in [0.2, 0.25) is 0 Å². The van der Waals surface area contributed by atoms with Crippen LogP contribution >= 0.6 is 0 Å². The van der Waals surface area contributed by atoms with E-state index in [4.69, 9.17) is 0 Å². The highest BCUT2D eigenvalue weighted by molar-refractivity contribution is 5.64. The first kappa shape index (κ1) is 9.46. The van der Waals surface area contributed by atoms with Crippen molar-refractivity contribution in [2.45, 2.75) is 19.9 Å².